The lowest BCUT2D eigenvalue weighted by molar-refractivity contribution is 0.812. The van der Waals surface area contributed by atoms with Gasteiger partial charge in [-0.05, 0) is 23.8 Å². The van der Waals surface area contributed by atoms with Crippen molar-refractivity contribution in [1.29, 1.82) is 0 Å². The van der Waals surface area contributed by atoms with Crippen molar-refractivity contribution in [1.82, 2.24) is 4.98 Å². The summed E-state index contributed by atoms with van der Waals surface area (Å²) in [6.45, 7) is 0.553. The first-order valence-corrected chi connectivity index (χ1v) is 7.28. The van der Waals surface area contributed by atoms with E-state index in [9.17, 15) is 0 Å². The molecule has 2 aromatic carbocycles. The molecule has 0 bridgehead atoms. The molecule has 1 atom stereocenters. The molecule has 2 nitrogen and oxygen atoms in total. The van der Waals surface area contributed by atoms with Crippen LogP contribution in [0.3, 0.4) is 0 Å². The van der Waals surface area contributed by atoms with E-state index in [1.807, 2.05) is 36.4 Å². The second-order valence-corrected chi connectivity index (χ2v) is 5.86. The highest BCUT2D eigenvalue weighted by Crippen LogP contribution is 2.32. The summed E-state index contributed by atoms with van der Waals surface area (Å²) in [6, 6.07) is 16.0. The highest BCUT2D eigenvalue weighted by molar-refractivity contribution is 7.18. The lowest BCUT2D eigenvalue weighted by atomic mass is 10.0. The third-order valence-electron chi connectivity index (χ3n) is 3.10. The van der Waals surface area contributed by atoms with Gasteiger partial charge in [-0.2, -0.15) is 0 Å². The van der Waals surface area contributed by atoms with Crippen molar-refractivity contribution in [2.75, 3.05) is 6.54 Å². The molecule has 0 amide bonds. The monoisotopic (exact) mass is 288 g/mol. The molecule has 0 fully saturated rings. The molecule has 1 unspecified atom stereocenters. The Balaban J connectivity index is 2.07. The van der Waals surface area contributed by atoms with Crippen LogP contribution in [-0.4, -0.2) is 11.5 Å². The van der Waals surface area contributed by atoms with Crippen molar-refractivity contribution < 1.29 is 0 Å². The van der Waals surface area contributed by atoms with Crippen molar-refractivity contribution in [3.05, 3.63) is 64.1 Å². The zero-order chi connectivity index (χ0) is 13.2. The summed E-state index contributed by atoms with van der Waals surface area (Å²) in [4.78, 5) is 4.68. The van der Waals surface area contributed by atoms with E-state index >= 15 is 0 Å². The molecular formula is C15H13ClN2S. The SMILES string of the molecule is NCC(c1ccccc1)c1nc2ccc(Cl)cc2s1. The molecule has 0 radical (unpaired) electrons. The Morgan fingerprint density at radius 3 is 2.68 bits per heavy atom. The number of fused-ring (bicyclic) bond motifs is 1. The number of hydrogen-bond donors (Lipinski definition) is 1. The van der Waals surface area contributed by atoms with Gasteiger partial charge in [-0.1, -0.05) is 41.9 Å². The molecular weight excluding hydrogens is 276 g/mol. The van der Waals surface area contributed by atoms with Crippen LogP contribution in [0.2, 0.25) is 5.02 Å². The van der Waals surface area contributed by atoms with Crippen LogP contribution >= 0.6 is 22.9 Å². The van der Waals surface area contributed by atoms with Gasteiger partial charge < -0.3 is 5.73 Å². The number of rotatable bonds is 3. The number of nitrogens with two attached hydrogens (primary N) is 1. The maximum absolute atomic E-state index is 6.01. The molecule has 3 rings (SSSR count). The predicted molar refractivity (Wildman–Crippen MR) is 82.0 cm³/mol. The highest BCUT2D eigenvalue weighted by Gasteiger charge is 2.16. The van der Waals surface area contributed by atoms with E-state index in [0.29, 0.717) is 6.54 Å². The molecule has 1 heterocycles. The fourth-order valence-corrected chi connectivity index (χ4v) is 3.51. The molecule has 1 aromatic heterocycles. The van der Waals surface area contributed by atoms with Gasteiger partial charge in [0, 0.05) is 17.5 Å². The number of hydrogen-bond acceptors (Lipinski definition) is 3. The van der Waals surface area contributed by atoms with E-state index in [1.165, 1.54) is 5.56 Å². The molecule has 0 aliphatic rings. The van der Waals surface area contributed by atoms with Crippen molar-refractivity contribution in [3.63, 3.8) is 0 Å². The quantitative estimate of drug-likeness (QED) is 0.790. The Morgan fingerprint density at radius 1 is 1.16 bits per heavy atom. The minimum Gasteiger partial charge on any atom is -0.329 e. The smallest absolute Gasteiger partial charge is 0.103 e. The number of aromatic nitrogens is 1. The summed E-state index contributed by atoms with van der Waals surface area (Å²) < 4.78 is 1.11. The Labute approximate surface area is 120 Å². The minimum absolute atomic E-state index is 0.150. The summed E-state index contributed by atoms with van der Waals surface area (Å²) in [7, 11) is 0. The summed E-state index contributed by atoms with van der Waals surface area (Å²) in [5.41, 5.74) is 8.12. The number of thiazole rings is 1. The van der Waals surface area contributed by atoms with E-state index in [-0.39, 0.29) is 5.92 Å². The predicted octanol–water partition coefficient (Wildman–Crippen LogP) is 4.04. The first kappa shape index (κ1) is 12.6. The van der Waals surface area contributed by atoms with E-state index in [2.05, 4.69) is 17.1 Å². The van der Waals surface area contributed by atoms with Crippen LogP contribution in [0.1, 0.15) is 16.5 Å². The third kappa shape index (κ3) is 2.50. The average Bonchev–Trinajstić information content (AvgIpc) is 2.83. The Hall–Kier alpha value is -1.42. The first-order chi connectivity index (χ1) is 9.28. The van der Waals surface area contributed by atoms with Gasteiger partial charge in [0.15, 0.2) is 0 Å². The standard InChI is InChI=1S/C15H13ClN2S/c16-11-6-7-13-14(8-11)19-15(18-13)12(9-17)10-4-2-1-3-5-10/h1-8,12H,9,17H2. The molecule has 2 N–H and O–H groups in total. The third-order valence-corrected chi connectivity index (χ3v) is 4.47. The van der Waals surface area contributed by atoms with Gasteiger partial charge in [0.25, 0.3) is 0 Å². The summed E-state index contributed by atoms with van der Waals surface area (Å²) in [5.74, 6) is 0.150. The van der Waals surface area contributed by atoms with Crippen molar-refractivity contribution in [3.8, 4) is 0 Å². The van der Waals surface area contributed by atoms with Crippen molar-refractivity contribution in [2.45, 2.75) is 5.92 Å². The molecule has 0 aliphatic carbocycles. The van der Waals surface area contributed by atoms with E-state index in [1.54, 1.807) is 11.3 Å². The van der Waals surface area contributed by atoms with E-state index < -0.39 is 0 Å². The largest absolute Gasteiger partial charge is 0.329 e. The van der Waals surface area contributed by atoms with Gasteiger partial charge in [0.05, 0.1) is 10.2 Å². The van der Waals surface area contributed by atoms with E-state index in [0.717, 1.165) is 20.2 Å². The molecule has 0 saturated heterocycles. The molecule has 96 valence electrons. The Bertz CT molecular complexity index is 694. The van der Waals surface area contributed by atoms with Crippen LogP contribution in [0.5, 0.6) is 0 Å². The second kappa shape index (κ2) is 5.29. The number of halogens is 1. The van der Waals surface area contributed by atoms with Gasteiger partial charge in [-0.3, -0.25) is 0 Å². The van der Waals surface area contributed by atoms with Crippen LogP contribution in [0.25, 0.3) is 10.2 Å². The van der Waals surface area contributed by atoms with Crippen molar-refractivity contribution >= 4 is 33.2 Å². The molecule has 0 saturated carbocycles. The Kier molecular flexibility index (Phi) is 3.51. The van der Waals surface area contributed by atoms with Crippen LogP contribution in [0, 0.1) is 0 Å². The zero-order valence-corrected chi connectivity index (χ0v) is 11.8. The van der Waals surface area contributed by atoms with Gasteiger partial charge in [0.1, 0.15) is 5.01 Å². The average molecular weight is 289 g/mol. The zero-order valence-electron chi connectivity index (χ0n) is 10.2. The van der Waals surface area contributed by atoms with E-state index in [4.69, 9.17) is 17.3 Å². The van der Waals surface area contributed by atoms with Gasteiger partial charge >= 0.3 is 0 Å². The lowest BCUT2D eigenvalue weighted by Gasteiger charge is -2.11. The normalized spacial score (nSPS) is 12.7. The Morgan fingerprint density at radius 2 is 1.95 bits per heavy atom. The maximum atomic E-state index is 6.01. The lowest BCUT2D eigenvalue weighted by Crippen LogP contribution is -2.13. The molecule has 0 spiro atoms. The topological polar surface area (TPSA) is 38.9 Å². The van der Waals surface area contributed by atoms with Crippen molar-refractivity contribution in [2.24, 2.45) is 5.73 Å². The summed E-state index contributed by atoms with van der Waals surface area (Å²) in [5, 5.41) is 1.79. The van der Waals surface area contributed by atoms with Gasteiger partial charge in [-0.25, -0.2) is 4.98 Å². The fourth-order valence-electron chi connectivity index (χ4n) is 2.13. The summed E-state index contributed by atoms with van der Waals surface area (Å²) >= 11 is 7.68. The fraction of sp³-hybridized carbons (Fsp3) is 0.133. The van der Waals surface area contributed by atoms with Crippen LogP contribution < -0.4 is 5.73 Å². The highest BCUT2D eigenvalue weighted by atomic mass is 35.5. The maximum Gasteiger partial charge on any atom is 0.103 e. The molecule has 4 heteroatoms. The minimum atomic E-state index is 0.150. The van der Waals surface area contributed by atoms with Gasteiger partial charge in [0.2, 0.25) is 0 Å². The van der Waals surface area contributed by atoms with Crippen LogP contribution in [0.15, 0.2) is 48.5 Å². The molecule has 0 aliphatic heterocycles. The number of nitrogens with zero attached hydrogens (tertiary/aromatic N) is 1. The van der Waals surface area contributed by atoms with Crippen LogP contribution in [0.4, 0.5) is 0 Å². The second-order valence-electron chi connectivity index (χ2n) is 4.36. The van der Waals surface area contributed by atoms with Crippen LogP contribution in [-0.2, 0) is 0 Å². The molecule has 19 heavy (non-hydrogen) atoms. The number of benzene rings is 2. The first-order valence-electron chi connectivity index (χ1n) is 6.09. The van der Waals surface area contributed by atoms with Gasteiger partial charge in [-0.15, -0.1) is 11.3 Å². The summed E-state index contributed by atoms with van der Waals surface area (Å²) in [6.07, 6.45) is 0. The molecule has 3 aromatic rings.